The van der Waals surface area contributed by atoms with Gasteiger partial charge in [-0.05, 0) is 47.8 Å². The van der Waals surface area contributed by atoms with Crippen LogP contribution in [0.25, 0.3) is 5.57 Å². The molecule has 0 saturated heterocycles. The number of aliphatic hydroxyl groups excluding tert-OH is 1. The first-order chi connectivity index (χ1) is 13.4. The van der Waals surface area contributed by atoms with E-state index in [0.717, 1.165) is 22.3 Å². The van der Waals surface area contributed by atoms with E-state index in [1.807, 2.05) is 12.1 Å². The molecular formula is C21H26N2O5. The molecule has 1 aromatic rings. The van der Waals surface area contributed by atoms with Crippen molar-refractivity contribution in [2.45, 2.75) is 31.9 Å². The highest BCUT2D eigenvalue weighted by Gasteiger charge is 2.32. The SMILES string of the molecule is COc1cc2c(c(OC)c1OC)C1=CC=C(N)C(O)C=C1[C@@H](NC(C)=O)CC2. The van der Waals surface area contributed by atoms with E-state index >= 15 is 0 Å². The van der Waals surface area contributed by atoms with Gasteiger partial charge in [0, 0.05) is 18.2 Å². The van der Waals surface area contributed by atoms with Crippen molar-refractivity contribution in [3.8, 4) is 17.2 Å². The second-order valence-electron chi connectivity index (χ2n) is 6.79. The van der Waals surface area contributed by atoms with Crippen molar-refractivity contribution in [3.63, 3.8) is 0 Å². The fourth-order valence-corrected chi connectivity index (χ4v) is 3.81. The van der Waals surface area contributed by atoms with Gasteiger partial charge in [0.1, 0.15) is 6.10 Å². The van der Waals surface area contributed by atoms with Crippen LogP contribution in [-0.2, 0) is 11.2 Å². The molecule has 28 heavy (non-hydrogen) atoms. The Bertz CT molecular complexity index is 885. The van der Waals surface area contributed by atoms with Crippen molar-refractivity contribution < 1.29 is 24.1 Å². The molecule has 2 atom stereocenters. The van der Waals surface area contributed by atoms with Crippen molar-refractivity contribution in [3.05, 3.63) is 46.7 Å². The summed E-state index contributed by atoms with van der Waals surface area (Å²) in [4.78, 5) is 11.8. The van der Waals surface area contributed by atoms with E-state index in [0.29, 0.717) is 35.8 Å². The van der Waals surface area contributed by atoms with Gasteiger partial charge in [-0.15, -0.1) is 0 Å². The number of ether oxygens (including phenoxy) is 3. The summed E-state index contributed by atoms with van der Waals surface area (Å²) >= 11 is 0. The molecule has 1 aromatic carbocycles. The molecule has 7 nitrogen and oxygen atoms in total. The Morgan fingerprint density at radius 2 is 1.89 bits per heavy atom. The number of benzene rings is 1. The van der Waals surface area contributed by atoms with E-state index in [1.165, 1.54) is 6.92 Å². The van der Waals surface area contributed by atoms with Crippen LogP contribution in [0.5, 0.6) is 17.2 Å². The van der Waals surface area contributed by atoms with Crippen molar-refractivity contribution in [2.75, 3.05) is 21.3 Å². The molecule has 0 spiro atoms. The lowest BCUT2D eigenvalue weighted by atomic mass is 9.91. The van der Waals surface area contributed by atoms with Gasteiger partial charge in [-0.1, -0.05) is 6.08 Å². The number of nitrogens with two attached hydrogens (primary N) is 1. The number of carbonyl (C=O) groups excluding carboxylic acids is 1. The van der Waals surface area contributed by atoms with E-state index in [1.54, 1.807) is 33.5 Å². The highest BCUT2D eigenvalue weighted by atomic mass is 16.5. The molecule has 3 rings (SSSR count). The third-order valence-electron chi connectivity index (χ3n) is 5.07. The van der Waals surface area contributed by atoms with Gasteiger partial charge in [-0.3, -0.25) is 4.79 Å². The van der Waals surface area contributed by atoms with Crippen molar-refractivity contribution in [1.29, 1.82) is 0 Å². The van der Waals surface area contributed by atoms with Gasteiger partial charge < -0.3 is 30.4 Å². The normalized spacial score (nSPS) is 21.0. The van der Waals surface area contributed by atoms with E-state index in [2.05, 4.69) is 5.32 Å². The maximum atomic E-state index is 11.8. The third-order valence-corrected chi connectivity index (χ3v) is 5.07. The second kappa shape index (κ2) is 7.98. The lowest BCUT2D eigenvalue weighted by Gasteiger charge is -2.23. The molecule has 1 amide bonds. The second-order valence-corrected chi connectivity index (χ2v) is 6.79. The number of fused-ring (bicyclic) bond motifs is 3. The lowest BCUT2D eigenvalue weighted by Crippen LogP contribution is -2.35. The number of allylic oxidation sites excluding steroid dienone is 2. The Balaban J connectivity index is 2.30. The molecular weight excluding hydrogens is 360 g/mol. The van der Waals surface area contributed by atoms with E-state index in [-0.39, 0.29) is 11.9 Å². The first-order valence-corrected chi connectivity index (χ1v) is 9.08. The number of amides is 1. The van der Waals surface area contributed by atoms with E-state index in [4.69, 9.17) is 19.9 Å². The summed E-state index contributed by atoms with van der Waals surface area (Å²) in [6, 6.07) is 1.66. The first kappa shape index (κ1) is 19.8. The van der Waals surface area contributed by atoms with Crippen LogP contribution in [-0.4, -0.2) is 44.5 Å². The fourth-order valence-electron chi connectivity index (χ4n) is 3.81. The minimum Gasteiger partial charge on any atom is -0.493 e. The van der Waals surface area contributed by atoms with Gasteiger partial charge in [0.05, 0.1) is 27.4 Å². The average Bonchev–Trinajstić information content (AvgIpc) is 2.90. The maximum Gasteiger partial charge on any atom is 0.217 e. The molecule has 0 fully saturated rings. The zero-order valence-electron chi connectivity index (χ0n) is 16.5. The predicted octanol–water partition coefficient (Wildman–Crippen LogP) is 1.69. The molecule has 0 saturated carbocycles. The number of methoxy groups -OCH3 is 3. The fraction of sp³-hybridized carbons (Fsp3) is 0.381. The summed E-state index contributed by atoms with van der Waals surface area (Å²) in [7, 11) is 4.72. The molecule has 0 heterocycles. The highest BCUT2D eigenvalue weighted by molar-refractivity contribution is 5.90. The van der Waals surface area contributed by atoms with Crippen LogP contribution < -0.4 is 25.3 Å². The monoisotopic (exact) mass is 386 g/mol. The summed E-state index contributed by atoms with van der Waals surface area (Å²) in [5.74, 6) is 1.47. The van der Waals surface area contributed by atoms with E-state index in [9.17, 15) is 9.90 Å². The third kappa shape index (κ3) is 3.45. The summed E-state index contributed by atoms with van der Waals surface area (Å²) < 4.78 is 16.8. The van der Waals surface area contributed by atoms with Crippen LogP contribution in [0.2, 0.25) is 0 Å². The molecule has 0 aliphatic heterocycles. The van der Waals surface area contributed by atoms with Crippen LogP contribution in [0.4, 0.5) is 0 Å². The van der Waals surface area contributed by atoms with Crippen LogP contribution in [0.15, 0.2) is 35.6 Å². The van der Waals surface area contributed by atoms with Gasteiger partial charge in [0.25, 0.3) is 0 Å². The zero-order valence-corrected chi connectivity index (χ0v) is 16.5. The van der Waals surface area contributed by atoms with Gasteiger partial charge >= 0.3 is 0 Å². The van der Waals surface area contributed by atoms with Crippen LogP contribution in [0.3, 0.4) is 0 Å². The van der Waals surface area contributed by atoms with Crippen molar-refractivity contribution >= 4 is 11.5 Å². The van der Waals surface area contributed by atoms with Crippen LogP contribution >= 0.6 is 0 Å². The number of nitrogens with one attached hydrogen (secondary N) is 1. The summed E-state index contributed by atoms with van der Waals surface area (Å²) in [5, 5.41) is 13.4. The van der Waals surface area contributed by atoms with Gasteiger partial charge in [0.2, 0.25) is 11.7 Å². The summed E-state index contributed by atoms with van der Waals surface area (Å²) in [5.41, 5.74) is 9.76. The van der Waals surface area contributed by atoms with E-state index < -0.39 is 6.10 Å². The Kier molecular flexibility index (Phi) is 5.65. The largest absolute Gasteiger partial charge is 0.493 e. The molecule has 0 bridgehead atoms. The number of aryl methyl sites for hydroxylation is 1. The molecule has 2 aliphatic rings. The van der Waals surface area contributed by atoms with Gasteiger partial charge in [-0.25, -0.2) is 0 Å². The van der Waals surface area contributed by atoms with Crippen molar-refractivity contribution in [2.24, 2.45) is 5.73 Å². The van der Waals surface area contributed by atoms with Gasteiger partial charge in [0.15, 0.2) is 11.5 Å². The lowest BCUT2D eigenvalue weighted by molar-refractivity contribution is -0.119. The Morgan fingerprint density at radius 3 is 2.50 bits per heavy atom. The minimum atomic E-state index is -0.937. The Hall–Kier alpha value is -2.93. The number of hydrogen-bond donors (Lipinski definition) is 3. The quantitative estimate of drug-likeness (QED) is 0.728. The molecule has 4 N–H and O–H groups in total. The summed E-state index contributed by atoms with van der Waals surface area (Å²) in [6.07, 6.45) is 5.62. The number of rotatable bonds is 4. The Morgan fingerprint density at radius 1 is 1.18 bits per heavy atom. The average molecular weight is 386 g/mol. The topological polar surface area (TPSA) is 103 Å². The molecule has 7 heteroatoms. The zero-order chi connectivity index (χ0) is 20.4. The smallest absolute Gasteiger partial charge is 0.217 e. The number of hydrogen-bond acceptors (Lipinski definition) is 6. The number of aliphatic hydroxyl groups is 1. The molecule has 150 valence electrons. The van der Waals surface area contributed by atoms with Crippen LogP contribution in [0, 0.1) is 0 Å². The standard InChI is InChI=1S/C21H26N2O5/c1-11(24)23-16-8-5-12-9-18(26-2)20(27-3)21(28-4)19(12)13-6-7-15(22)17(25)10-14(13)16/h6-7,9-10,16-17,25H,5,8,22H2,1-4H3,(H,23,24)/t16-,17?/m0/s1. The van der Waals surface area contributed by atoms with Crippen LogP contribution in [0.1, 0.15) is 24.5 Å². The molecule has 1 unspecified atom stereocenters. The summed E-state index contributed by atoms with van der Waals surface area (Å²) in [6.45, 7) is 1.48. The number of carbonyl (C=O) groups is 1. The first-order valence-electron chi connectivity index (χ1n) is 9.08. The molecule has 0 aromatic heterocycles. The highest BCUT2D eigenvalue weighted by Crippen LogP contribution is 2.49. The molecule has 0 radical (unpaired) electrons. The molecule has 2 aliphatic carbocycles. The van der Waals surface area contributed by atoms with Gasteiger partial charge in [-0.2, -0.15) is 0 Å². The minimum absolute atomic E-state index is 0.141. The Labute approximate surface area is 164 Å². The predicted molar refractivity (Wildman–Crippen MR) is 106 cm³/mol. The van der Waals surface area contributed by atoms with Crippen molar-refractivity contribution in [1.82, 2.24) is 5.32 Å². The maximum absolute atomic E-state index is 11.8.